The Bertz CT molecular complexity index is 768. The zero-order chi connectivity index (χ0) is 15.4. The molecular formula is C16H13IN4O. The minimum absolute atomic E-state index is 0.111. The summed E-state index contributed by atoms with van der Waals surface area (Å²) in [6.07, 6.45) is 5.13. The molecule has 0 aliphatic carbocycles. The van der Waals surface area contributed by atoms with Crippen LogP contribution in [-0.4, -0.2) is 20.7 Å². The van der Waals surface area contributed by atoms with Crippen molar-refractivity contribution in [3.8, 4) is 11.3 Å². The third-order valence-corrected chi connectivity index (χ3v) is 3.83. The molecule has 6 heteroatoms. The van der Waals surface area contributed by atoms with Crippen molar-refractivity contribution in [2.45, 2.75) is 6.54 Å². The van der Waals surface area contributed by atoms with Crippen molar-refractivity contribution in [3.05, 3.63) is 64.6 Å². The molecule has 22 heavy (non-hydrogen) atoms. The van der Waals surface area contributed by atoms with Crippen LogP contribution in [0.2, 0.25) is 0 Å². The van der Waals surface area contributed by atoms with Crippen LogP contribution in [0.5, 0.6) is 0 Å². The molecule has 110 valence electrons. The molecule has 0 saturated heterocycles. The normalized spacial score (nSPS) is 10.4. The van der Waals surface area contributed by atoms with Gasteiger partial charge in [0.15, 0.2) is 0 Å². The minimum atomic E-state index is -0.111. The third kappa shape index (κ3) is 3.51. The van der Waals surface area contributed by atoms with Gasteiger partial charge in [0.25, 0.3) is 0 Å². The van der Waals surface area contributed by atoms with Crippen LogP contribution in [0.4, 0.5) is 5.69 Å². The summed E-state index contributed by atoms with van der Waals surface area (Å²) in [5, 5.41) is 7.09. The molecule has 1 N–H and O–H groups in total. The van der Waals surface area contributed by atoms with Gasteiger partial charge in [-0.1, -0.05) is 0 Å². The maximum atomic E-state index is 12.2. The van der Waals surface area contributed by atoms with E-state index in [1.807, 2.05) is 42.5 Å². The fourth-order valence-corrected chi connectivity index (χ4v) is 2.46. The Morgan fingerprint density at radius 1 is 1.05 bits per heavy atom. The van der Waals surface area contributed by atoms with Crippen molar-refractivity contribution >= 4 is 34.2 Å². The van der Waals surface area contributed by atoms with Crippen molar-refractivity contribution in [1.29, 1.82) is 0 Å². The van der Waals surface area contributed by atoms with Gasteiger partial charge >= 0.3 is 0 Å². The van der Waals surface area contributed by atoms with Gasteiger partial charge in [-0.2, -0.15) is 5.10 Å². The second kappa shape index (κ2) is 6.69. The summed E-state index contributed by atoms with van der Waals surface area (Å²) in [6.45, 7) is 0.163. The van der Waals surface area contributed by atoms with Crippen LogP contribution >= 0.6 is 22.6 Å². The van der Waals surface area contributed by atoms with E-state index < -0.39 is 0 Å². The van der Waals surface area contributed by atoms with Crippen LogP contribution in [0.25, 0.3) is 11.3 Å². The molecule has 5 nitrogen and oxygen atoms in total. The summed E-state index contributed by atoms with van der Waals surface area (Å²) >= 11 is 2.23. The molecule has 1 amide bonds. The minimum Gasteiger partial charge on any atom is -0.324 e. The van der Waals surface area contributed by atoms with Crippen molar-refractivity contribution in [2.75, 3.05) is 5.32 Å². The zero-order valence-electron chi connectivity index (χ0n) is 11.6. The number of anilines is 1. The van der Waals surface area contributed by atoms with Crippen LogP contribution in [0.1, 0.15) is 0 Å². The first-order chi connectivity index (χ1) is 10.7. The molecular weight excluding hydrogens is 391 g/mol. The summed E-state index contributed by atoms with van der Waals surface area (Å²) in [6, 6.07) is 13.3. The van der Waals surface area contributed by atoms with E-state index >= 15 is 0 Å². The summed E-state index contributed by atoms with van der Waals surface area (Å²) in [5.74, 6) is -0.111. The smallest absolute Gasteiger partial charge is 0.246 e. The lowest BCUT2D eigenvalue weighted by molar-refractivity contribution is -0.116. The standard InChI is InChI=1S/C16H13IN4O/c17-13-1-3-14(4-2-13)20-16(22)11-21-15(7-10-19-21)12-5-8-18-9-6-12/h1-10H,11H2,(H,20,22). The highest BCUT2D eigenvalue weighted by molar-refractivity contribution is 14.1. The molecule has 0 saturated carbocycles. The monoisotopic (exact) mass is 404 g/mol. The largest absolute Gasteiger partial charge is 0.324 e. The van der Waals surface area contributed by atoms with E-state index in [0.29, 0.717) is 0 Å². The van der Waals surface area contributed by atoms with E-state index in [1.54, 1.807) is 23.3 Å². The van der Waals surface area contributed by atoms with Crippen LogP contribution in [0.15, 0.2) is 61.1 Å². The Morgan fingerprint density at radius 2 is 1.77 bits per heavy atom. The van der Waals surface area contributed by atoms with Gasteiger partial charge in [-0.3, -0.25) is 14.5 Å². The highest BCUT2D eigenvalue weighted by Gasteiger charge is 2.09. The topological polar surface area (TPSA) is 59.8 Å². The highest BCUT2D eigenvalue weighted by Crippen LogP contribution is 2.18. The number of carbonyl (C=O) groups is 1. The molecule has 0 aliphatic rings. The quantitative estimate of drug-likeness (QED) is 0.680. The fraction of sp³-hybridized carbons (Fsp3) is 0.0625. The number of carbonyl (C=O) groups excluding carboxylic acids is 1. The first kappa shape index (κ1) is 14.7. The van der Waals surface area contributed by atoms with Crippen LogP contribution in [-0.2, 0) is 11.3 Å². The van der Waals surface area contributed by atoms with Crippen molar-refractivity contribution in [2.24, 2.45) is 0 Å². The number of halogens is 1. The van der Waals surface area contributed by atoms with E-state index in [1.165, 1.54) is 0 Å². The number of benzene rings is 1. The highest BCUT2D eigenvalue weighted by atomic mass is 127. The Hall–Kier alpha value is -2.22. The molecule has 2 aromatic heterocycles. The van der Waals surface area contributed by atoms with Gasteiger partial charge in [0.05, 0.1) is 5.69 Å². The number of aromatic nitrogens is 3. The predicted molar refractivity (Wildman–Crippen MR) is 93.2 cm³/mol. The van der Waals surface area contributed by atoms with Gasteiger partial charge in [0.1, 0.15) is 6.54 Å². The Kier molecular flexibility index (Phi) is 4.47. The molecule has 0 spiro atoms. The van der Waals surface area contributed by atoms with E-state index in [9.17, 15) is 4.79 Å². The summed E-state index contributed by atoms with van der Waals surface area (Å²) in [5.41, 5.74) is 2.65. The summed E-state index contributed by atoms with van der Waals surface area (Å²) < 4.78 is 2.81. The summed E-state index contributed by atoms with van der Waals surface area (Å²) in [7, 11) is 0. The van der Waals surface area contributed by atoms with Gasteiger partial charge in [-0.25, -0.2) is 0 Å². The number of amides is 1. The molecule has 1 aromatic carbocycles. The first-order valence-corrected chi connectivity index (χ1v) is 7.78. The molecule has 0 fully saturated rings. The van der Waals surface area contributed by atoms with Gasteiger partial charge in [-0.05, 0) is 65.1 Å². The van der Waals surface area contributed by atoms with Gasteiger partial charge in [0, 0.05) is 33.4 Å². The number of hydrogen-bond donors (Lipinski definition) is 1. The average molecular weight is 404 g/mol. The van der Waals surface area contributed by atoms with Crippen LogP contribution < -0.4 is 5.32 Å². The lowest BCUT2D eigenvalue weighted by Crippen LogP contribution is -2.20. The van der Waals surface area contributed by atoms with Crippen molar-refractivity contribution in [3.63, 3.8) is 0 Å². The SMILES string of the molecule is O=C(Cn1nccc1-c1ccncc1)Nc1ccc(I)cc1. The molecule has 0 aliphatic heterocycles. The maximum Gasteiger partial charge on any atom is 0.246 e. The number of pyridine rings is 1. The molecule has 0 unspecified atom stereocenters. The average Bonchev–Trinajstić information content (AvgIpc) is 2.98. The van der Waals surface area contributed by atoms with Gasteiger partial charge < -0.3 is 5.32 Å². The molecule has 3 rings (SSSR count). The predicted octanol–water partition coefficient (Wildman–Crippen LogP) is 3.19. The molecule has 3 aromatic rings. The Morgan fingerprint density at radius 3 is 2.50 bits per heavy atom. The second-order valence-corrected chi connectivity index (χ2v) is 5.91. The zero-order valence-corrected chi connectivity index (χ0v) is 13.8. The van der Waals surface area contributed by atoms with E-state index in [-0.39, 0.29) is 12.5 Å². The lowest BCUT2D eigenvalue weighted by atomic mass is 10.2. The molecule has 0 atom stereocenters. The second-order valence-electron chi connectivity index (χ2n) is 4.67. The fourth-order valence-electron chi connectivity index (χ4n) is 2.10. The van der Waals surface area contributed by atoms with E-state index in [2.05, 4.69) is 38.0 Å². The van der Waals surface area contributed by atoms with Crippen molar-refractivity contribution in [1.82, 2.24) is 14.8 Å². The maximum absolute atomic E-state index is 12.2. The number of nitrogens with one attached hydrogen (secondary N) is 1. The molecule has 0 bridgehead atoms. The van der Waals surface area contributed by atoms with Crippen LogP contribution in [0.3, 0.4) is 0 Å². The number of hydrogen-bond acceptors (Lipinski definition) is 3. The van der Waals surface area contributed by atoms with Gasteiger partial charge in [-0.15, -0.1) is 0 Å². The number of rotatable bonds is 4. The van der Waals surface area contributed by atoms with Gasteiger partial charge in [0.2, 0.25) is 5.91 Å². The van der Waals surface area contributed by atoms with E-state index in [4.69, 9.17) is 0 Å². The van der Waals surface area contributed by atoms with Crippen molar-refractivity contribution < 1.29 is 4.79 Å². The molecule has 0 radical (unpaired) electrons. The van der Waals surface area contributed by atoms with Crippen LogP contribution in [0, 0.1) is 3.57 Å². The Labute approximate surface area is 141 Å². The lowest BCUT2D eigenvalue weighted by Gasteiger charge is -2.08. The molecule has 2 heterocycles. The first-order valence-electron chi connectivity index (χ1n) is 6.70. The summed E-state index contributed by atoms with van der Waals surface area (Å²) in [4.78, 5) is 16.2. The third-order valence-electron chi connectivity index (χ3n) is 3.11. The van der Waals surface area contributed by atoms with E-state index in [0.717, 1.165) is 20.5 Å². The Balaban J connectivity index is 1.73. The number of nitrogens with zero attached hydrogens (tertiary/aromatic N) is 3.